The molecular weight excluding hydrogens is 436 g/mol. The zero-order valence-corrected chi connectivity index (χ0v) is 18.7. The predicted octanol–water partition coefficient (Wildman–Crippen LogP) is 3.30. The van der Waals surface area contributed by atoms with Crippen LogP contribution in [0.4, 0.5) is 0 Å². The second-order valence-electron chi connectivity index (χ2n) is 7.48. The van der Waals surface area contributed by atoms with Gasteiger partial charge in [0.15, 0.2) is 0 Å². The molecule has 2 heterocycles. The largest absolute Gasteiger partial charge is 0.336 e. The molecule has 31 heavy (non-hydrogen) atoms. The maximum absolute atomic E-state index is 13.5. The van der Waals surface area contributed by atoms with Crippen molar-refractivity contribution in [3.63, 3.8) is 0 Å². The molecule has 7 nitrogen and oxygen atoms in total. The quantitative estimate of drug-likeness (QED) is 0.601. The highest BCUT2D eigenvalue weighted by Gasteiger charge is 2.27. The molecule has 9 heteroatoms. The van der Waals surface area contributed by atoms with E-state index >= 15 is 0 Å². The van der Waals surface area contributed by atoms with Crippen molar-refractivity contribution >= 4 is 27.5 Å². The Morgan fingerprint density at radius 3 is 2.35 bits per heavy atom. The van der Waals surface area contributed by atoms with Crippen LogP contribution in [0, 0.1) is 0 Å². The van der Waals surface area contributed by atoms with E-state index in [0.29, 0.717) is 42.5 Å². The second kappa shape index (κ2) is 8.82. The van der Waals surface area contributed by atoms with Crippen LogP contribution in [-0.4, -0.2) is 65.7 Å². The van der Waals surface area contributed by atoms with Crippen LogP contribution >= 0.6 is 11.6 Å². The van der Waals surface area contributed by atoms with Crippen LogP contribution in [-0.2, 0) is 10.0 Å². The maximum Gasteiger partial charge on any atom is 0.272 e. The molecule has 2 aromatic carbocycles. The van der Waals surface area contributed by atoms with Crippen LogP contribution in [0.5, 0.6) is 0 Å². The number of amides is 1. The smallest absolute Gasteiger partial charge is 0.272 e. The summed E-state index contributed by atoms with van der Waals surface area (Å²) in [5.41, 5.74) is 2.73. The van der Waals surface area contributed by atoms with Crippen LogP contribution in [0.3, 0.4) is 0 Å². The van der Waals surface area contributed by atoms with Gasteiger partial charge in [0.05, 0.1) is 17.6 Å². The number of hydrogen-bond donors (Lipinski definition) is 0. The molecule has 4 rings (SSSR count). The molecule has 3 aromatic rings. The number of aromatic nitrogens is 2. The van der Waals surface area contributed by atoms with Gasteiger partial charge >= 0.3 is 0 Å². The Labute approximate surface area is 186 Å². The van der Waals surface area contributed by atoms with Crippen LogP contribution in [0.15, 0.2) is 60.7 Å². The van der Waals surface area contributed by atoms with Crippen LogP contribution in [0.1, 0.15) is 16.9 Å². The van der Waals surface area contributed by atoms with Crippen molar-refractivity contribution in [2.24, 2.45) is 0 Å². The van der Waals surface area contributed by atoms with Gasteiger partial charge in [0.1, 0.15) is 5.69 Å². The number of carbonyl (C=O) groups is 1. The number of halogens is 1. The Bertz CT molecular complexity index is 1180. The predicted molar refractivity (Wildman–Crippen MR) is 121 cm³/mol. The number of sulfonamides is 1. The number of benzene rings is 2. The number of hydrogen-bond acceptors (Lipinski definition) is 4. The lowest BCUT2D eigenvalue weighted by Gasteiger charge is -2.21. The molecular formula is C22H23ClN4O3S. The zero-order chi connectivity index (χ0) is 22.0. The van der Waals surface area contributed by atoms with Crippen molar-refractivity contribution in [1.82, 2.24) is 19.0 Å². The van der Waals surface area contributed by atoms with E-state index in [9.17, 15) is 13.2 Å². The summed E-state index contributed by atoms with van der Waals surface area (Å²) in [4.78, 5) is 15.2. The summed E-state index contributed by atoms with van der Waals surface area (Å²) in [6, 6.07) is 18.6. The summed E-state index contributed by atoms with van der Waals surface area (Å²) in [5, 5.41) is 5.32. The maximum atomic E-state index is 13.5. The summed E-state index contributed by atoms with van der Waals surface area (Å²) in [7, 11) is -3.28. The van der Waals surface area contributed by atoms with Gasteiger partial charge in [-0.25, -0.2) is 17.4 Å². The normalized spacial score (nSPS) is 15.6. The highest BCUT2D eigenvalue weighted by molar-refractivity contribution is 7.88. The van der Waals surface area contributed by atoms with E-state index in [0.717, 1.165) is 11.3 Å². The molecule has 0 radical (unpaired) electrons. The Morgan fingerprint density at radius 1 is 0.968 bits per heavy atom. The molecule has 0 atom stereocenters. The molecule has 0 bridgehead atoms. The van der Waals surface area contributed by atoms with Crippen molar-refractivity contribution in [3.05, 3.63) is 71.4 Å². The molecule has 1 saturated heterocycles. The minimum Gasteiger partial charge on any atom is -0.336 e. The van der Waals surface area contributed by atoms with Crippen molar-refractivity contribution < 1.29 is 13.2 Å². The first-order valence-electron chi connectivity index (χ1n) is 9.99. The van der Waals surface area contributed by atoms with Gasteiger partial charge < -0.3 is 4.90 Å². The monoisotopic (exact) mass is 458 g/mol. The van der Waals surface area contributed by atoms with Crippen molar-refractivity contribution in [2.45, 2.75) is 6.42 Å². The topological polar surface area (TPSA) is 75.5 Å². The zero-order valence-electron chi connectivity index (χ0n) is 17.1. The SMILES string of the molecule is CS(=O)(=O)N1CCCN(C(=O)c2cc(-c3ccc(Cl)cc3)nn2-c2ccccc2)CC1. The molecule has 1 aromatic heterocycles. The second-order valence-corrected chi connectivity index (χ2v) is 9.90. The molecule has 0 saturated carbocycles. The summed E-state index contributed by atoms with van der Waals surface area (Å²) in [5.74, 6) is -0.174. The first-order chi connectivity index (χ1) is 14.8. The van der Waals surface area contributed by atoms with Gasteiger partial charge in [-0.2, -0.15) is 5.10 Å². The van der Waals surface area contributed by atoms with E-state index in [1.54, 1.807) is 27.8 Å². The van der Waals surface area contributed by atoms with Crippen LogP contribution in [0.25, 0.3) is 16.9 Å². The highest BCUT2D eigenvalue weighted by Crippen LogP contribution is 2.24. The average Bonchev–Trinajstić information content (AvgIpc) is 3.03. The molecule has 0 spiro atoms. The van der Waals surface area contributed by atoms with E-state index in [-0.39, 0.29) is 12.5 Å². The summed E-state index contributed by atoms with van der Waals surface area (Å²) in [6.45, 7) is 1.52. The van der Waals surface area contributed by atoms with Gasteiger partial charge in [-0.1, -0.05) is 41.9 Å². The van der Waals surface area contributed by atoms with E-state index < -0.39 is 10.0 Å². The molecule has 1 fully saturated rings. The summed E-state index contributed by atoms with van der Waals surface area (Å²) < 4.78 is 26.9. The van der Waals surface area contributed by atoms with E-state index in [4.69, 9.17) is 16.7 Å². The van der Waals surface area contributed by atoms with E-state index in [2.05, 4.69) is 0 Å². The minimum absolute atomic E-state index is 0.174. The van der Waals surface area contributed by atoms with Gasteiger partial charge in [0.2, 0.25) is 10.0 Å². The standard InChI is InChI=1S/C22H23ClN4O3S/c1-31(29,30)26-13-5-12-25(14-15-26)22(28)21-16-20(17-8-10-18(23)11-9-17)24-27(21)19-6-3-2-4-7-19/h2-4,6-11,16H,5,12-15H2,1H3. The fourth-order valence-corrected chi connectivity index (χ4v) is 4.65. The fourth-order valence-electron chi connectivity index (χ4n) is 3.65. The van der Waals surface area contributed by atoms with Gasteiger partial charge in [-0.3, -0.25) is 4.79 Å². The molecule has 1 amide bonds. The third-order valence-electron chi connectivity index (χ3n) is 5.28. The number of para-hydroxylation sites is 1. The van der Waals surface area contributed by atoms with Crippen LogP contribution < -0.4 is 0 Å². The lowest BCUT2D eigenvalue weighted by Crippen LogP contribution is -2.37. The molecule has 1 aliphatic heterocycles. The first-order valence-corrected chi connectivity index (χ1v) is 12.2. The van der Waals surface area contributed by atoms with Gasteiger partial charge in [0.25, 0.3) is 5.91 Å². The van der Waals surface area contributed by atoms with Crippen molar-refractivity contribution in [1.29, 1.82) is 0 Å². The molecule has 0 N–H and O–H groups in total. The van der Waals surface area contributed by atoms with Gasteiger partial charge in [-0.15, -0.1) is 0 Å². The molecule has 1 aliphatic rings. The lowest BCUT2D eigenvalue weighted by molar-refractivity contribution is 0.0755. The Hall–Kier alpha value is -2.68. The Balaban J connectivity index is 1.69. The van der Waals surface area contributed by atoms with Crippen molar-refractivity contribution in [3.8, 4) is 16.9 Å². The van der Waals surface area contributed by atoms with Crippen molar-refractivity contribution in [2.75, 3.05) is 32.4 Å². The Morgan fingerprint density at radius 2 is 1.68 bits per heavy atom. The molecule has 162 valence electrons. The third-order valence-corrected chi connectivity index (χ3v) is 6.84. The van der Waals surface area contributed by atoms with E-state index in [1.165, 1.54) is 10.6 Å². The van der Waals surface area contributed by atoms with Gasteiger partial charge in [-0.05, 0) is 36.8 Å². The first kappa shape index (κ1) is 21.5. The van der Waals surface area contributed by atoms with E-state index in [1.807, 2.05) is 42.5 Å². The molecule has 0 unspecified atom stereocenters. The van der Waals surface area contributed by atoms with Gasteiger partial charge in [0, 0.05) is 36.8 Å². The Kier molecular flexibility index (Phi) is 6.13. The fraction of sp³-hybridized carbons (Fsp3) is 0.273. The summed E-state index contributed by atoms with van der Waals surface area (Å²) >= 11 is 6.01. The number of carbonyl (C=O) groups excluding carboxylic acids is 1. The minimum atomic E-state index is -3.28. The highest BCUT2D eigenvalue weighted by atomic mass is 35.5. The summed E-state index contributed by atoms with van der Waals surface area (Å²) in [6.07, 6.45) is 1.79. The molecule has 0 aliphatic carbocycles. The third kappa shape index (κ3) is 4.81. The number of nitrogens with zero attached hydrogens (tertiary/aromatic N) is 4. The number of rotatable bonds is 4. The lowest BCUT2D eigenvalue weighted by atomic mass is 10.1. The van der Waals surface area contributed by atoms with Crippen LogP contribution in [0.2, 0.25) is 5.02 Å². The average molecular weight is 459 g/mol.